The zero-order valence-electron chi connectivity index (χ0n) is 18.0. The second-order valence-electron chi connectivity index (χ2n) is 6.93. The van der Waals surface area contributed by atoms with E-state index in [4.69, 9.17) is 9.47 Å². The molecule has 5 nitrogen and oxygen atoms in total. The molecule has 0 atom stereocenters. The minimum absolute atomic E-state index is 0. The lowest BCUT2D eigenvalue weighted by Gasteiger charge is -2.13. The normalized spacial score (nSPS) is 10.8. The van der Waals surface area contributed by atoms with Gasteiger partial charge in [-0.25, -0.2) is 0 Å². The van der Waals surface area contributed by atoms with Gasteiger partial charge >= 0.3 is 0 Å². The third-order valence-electron chi connectivity index (χ3n) is 4.67. The van der Waals surface area contributed by atoms with Gasteiger partial charge in [0.25, 0.3) is 0 Å². The van der Waals surface area contributed by atoms with Gasteiger partial charge in [-0.1, -0.05) is 66.7 Å². The van der Waals surface area contributed by atoms with Crippen molar-refractivity contribution in [1.82, 2.24) is 10.6 Å². The van der Waals surface area contributed by atoms with Crippen LogP contribution in [-0.2, 0) is 31.0 Å². The molecule has 0 amide bonds. The van der Waals surface area contributed by atoms with Crippen molar-refractivity contribution in [1.29, 1.82) is 0 Å². The third-order valence-corrected chi connectivity index (χ3v) is 4.67. The maximum absolute atomic E-state index is 5.85. The maximum Gasteiger partial charge on any atom is 0.191 e. The second-order valence-corrected chi connectivity index (χ2v) is 6.93. The van der Waals surface area contributed by atoms with Gasteiger partial charge in [0.15, 0.2) is 5.96 Å². The number of hydrogen-bond acceptors (Lipinski definition) is 3. The number of nitrogens with one attached hydrogen (secondary N) is 2. The van der Waals surface area contributed by atoms with Gasteiger partial charge in [-0.2, -0.15) is 0 Å². The topological polar surface area (TPSA) is 54.9 Å². The molecule has 3 rings (SSSR count). The molecule has 0 spiro atoms. The van der Waals surface area contributed by atoms with Crippen molar-refractivity contribution >= 4 is 29.9 Å². The zero-order valence-corrected chi connectivity index (χ0v) is 20.3. The summed E-state index contributed by atoms with van der Waals surface area (Å²) in [5, 5.41) is 6.69. The summed E-state index contributed by atoms with van der Waals surface area (Å²) in [4.78, 5) is 4.30. The number of ether oxygens (including phenoxy) is 2. The average Bonchev–Trinajstić information content (AvgIpc) is 2.80. The van der Waals surface area contributed by atoms with Crippen molar-refractivity contribution in [3.63, 3.8) is 0 Å². The molecule has 0 aliphatic heterocycles. The molecule has 0 saturated heterocycles. The number of halogens is 1. The predicted molar refractivity (Wildman–Crippen MR) is 137 cm³/mol. The summed E-state index contributed by atoms with van der Waals surface area (Å²) in [6.45, 7) is 2.59. The molecule has 164 valence electrons. The highest BCUT2D eigenvalue weighted by atomic mass is 127. The minimum atomic E-state index is 0. The molecule has 3 aromatic carbocycles. The monoisotopic (exact) mass is 531 g/mol. The van der Waals surface area contributed by atoms with E-state index in [1.807, 2.05) is 42.5 Å². The van der Waals surface area contributed by atoms with Crippen molar-refractivity contribution in [3.8, 4) is 5.75 Å². The summed E-state index contributed by atoms with van der Waals surface area (Å²) >= 11 is 0. The Bertz CT molecular complexity index is 931. The Morgan fingerprint density at radius 1 is 0.742 bits per heavy atom. The smallest absolute Gasteiger partial charge is 0.191 e. The molecule has 0 saturated carbocycles. The van der Waals surface area contributed by atoms with E-state index in [0.29, 0.717) is 26.3 Å². The first-order chi connectivity index (χ1) is 14.8. The largest absolute Gasteiger partial charge is 0.497 e. The van der Waals surface area contributed by atoms with Crippen LogP contribution in [-0.4, -0.2) is 20.1 Å². The number of hydrogen-bond donors (Lipinski definition) is 2. The van der Waals surface area contributed by atoms with E-state index in [0.717, 1.165) is 22.8 Å². The highest BCUT2D eigenvalue weighted by Gasteiger charge is 2.02. The second kappa shape index (κ2) is 13.7. The molecular formula is C25H30IN3O2. The summed E-state index contributed by atoms with van der Waals surface area (Å²) in [5.41, 5.74) is 4.69. The van der Waals surface area contributed by atoms with Crippen molar-refractivity contribution in [2.45, 2.75) is 26.3 Å². The van der Waals surface area contributed by atoms with Crippen LogP contribution in [0.5, 0.6) is 5.75 Å². The first-order valence-corrected chi connectivity index (χ1v) is 10.0. The van der Waals surface area contributed by atoms with Gasteiger partial charge in [0, 0.05) is 20.1 Å². The summed E-state index contributed by atoms with van der Waals surface area (Å²) in [7, 11) is 3.45. The Hall–Kier alpha value is -2.58. The van der Waals surface area contributed by atoms with Gasteiger partial charge in [0.05, 0.1) is 20.3 Å². The number of benzene rings is 3. The Morgan fingerprint density at radius 3 is 2.03 bits per heavy atom. The summed E-state index contributed by atoms with van der Waals surface area (Å²) in [6, 6.07) is 26.6. The zero-order chi connectivity index (χ0) is 21.0. The van der Waals surface area contributed by atoms with Gasteiger partial charge in [0.1, 0.15) is 5.75 Å². The minimum Gasteiger partial charge on any atom is -0.497 e. The molecule has 0 aliphatic carbocycles. The number of methoxy groups -OCH3 is 1. The Balaban J connectivity index is 0.00000341. The molecule has 2 N–H and O–H groups in total. The fourth-order valence-electron chi connectivity index (χ4n) is 3.03. The van der Waals surface area contributed by atoms with Gasteiger partial charge in [-0.3, -0.25) is 4.99 Å². The van der Waals surface area contributed by atoms with Crippen LogP contribution in [0.25, 0.3) is 0 Å². The van der Waals surface area contributed by atoms with Crippen molar-refractivity contribution < 1.29 is 9.47 Å². The third kappa shape index (κ3) is 8.59. The Kier molecular flexibility index (Phi) is 10.9. The van der Waals surface area contributed by atoms with Crippen LogP contribution in [0.3, 0.4) is 0 Å². The highest BCUT2D eigenvalue weighted by molar-refractivity contribution is 14.0. The first kappa shape index (κ1) is 24.7. The quantitative estimate of drug-likeness (QED) is 0.235. The molecule has 0 fully saturated rings. The van der Waals surface area contributed by atoms with Crippen LogP contribution < -0.4 is 15.4 Å². The molecule has 0 aromatic heterocycles. The molecule has 0 aliphatic rings. The van der Waals surface area contributed by atoms with E-state index in [9.17, 15) is 0 Å². The fourth-order valence-corrected chi connectivity index (χ4v) is 3.03. The van der Waals surface area contributed by atoms with E-state index in [2.05, 4.69) is 52.0 Å². The molecule has 6 heteroatoms. The van der Waals surface area contributed by atoms with Gasteiger partial charge in [0.2, 0.25) is 0 Å². The number of nitrogens with zero attached hydrogens (tertiary/aromatic N) is 1. The lowest BCUT2D eigenvalue weighted by molar-refractivity contribution is 0.107. The van der Waals surface area contributed by atoms with Crippen LogP contribution in [0.2, 0.25) is 0 Å². The average molecular weight is 531 g/mol. The standard InChI is InChI=1S/C25H29N3O2.HI/c1-26-25(27-16-20-11-13-24(29-2)14-12-20)28-17-22-9-6-10-23(15-22)19-30-18-21-7-4-3-5-8-21;/h3-15H,16-19H2,1-2H3,(H2,26,27,28);1H. The summed E-state index contributed by atoms with van der Waals surface area (Å²) in [5.74, 6) is 1.62. The highest BCUT2D eigenvalue weighted by Crippen LogP contribution is 2.11. The maximum atomic E-state index is 5.85. The fraction of sp³-hybridized carbons (Fsp3) is 0.240. The van der Waals surface area contributed by atoms with E-state index in [1.165, 1.54) is 11.1 Å². The molecule has 3 aromatic rings. The van der Waals surface area contributed by atoms with Crippen LogP contribution >= 0.6 is 24.0 Å². The summed E-state index contributed by atoms with van der Waals surface area (Å²) in [6.07, 6.45) is 0. The number of guanidine groups is 1. The number of rotatable bonds is 9. The molecular weight excluding hydrogens is 501 g/mol. The van der Waals surface area contributed by atoms with Gasteiger partial charge < -0.3 is 20.1 Å². The van der Waals surface area contributed by atoms with Crippen molar-refractivity contribution in [2.24, 2.45) is 4.99 Å². The van der Waals surface area contributed by atoms with Crippen LogP contribution in [0, 0.1) is 0 Å². The number of aliphatic imine (C=N–C) groups is 1. The van der Waals surface area contributed by atoms with Crippen LogP contribution in [0.15, 0.2) is 83.9 Å². The Labute approximate surface area is 201 Å². The molecule has 0 bridgehead atoms. The van der Waals surface area contributed by atoms with Crippen LogP contribution in [0.4, 0.5) is 0 Å². The molecule has 0 heterocycles. The Morgan fingerprint density at radius 2 is 1.35 bits per heavy atom. The molecule has 0 radical (unpaired) electrons. The lowest BCUT2D eigenvalue weighted by Crippen LogP contribution is -2.36. The van der Waals surface area contributed by atoms with Crippen LogP contribution in [0.1, 0.15) is 22.3 Å². The van der Waals surface area contributed by atoms with Crippen molar-refractivity contribution in [2.75, 3.05) is 14.2 Å². The lowest BCUT2D eigenvalue weighted by atomic mass is 10.1. The predicted octanol–water partition coefficient (Wildman–Crippen LogP) is 4.90. The molecule has 31 heavy (non-hydrogen) atoms. The van der Waals surface area contributed by atoms with E-state index >= 15 is 0 Å². The van der Waals surface area contributed by atoms with E-state index in [1.54, 1.807) is 14.2 Å². The molecule has 0 unspecified atom stereocenters. The van der Waals surface area contributed by atoms with E-state index in [-0.39, 0.29) is 24.0 Å². The first-order valence-electron chi connectivity index (χ1n) is 10.0. The van der Waals surface area contributed by atoms with Gasteiger partial charge in [-0.15, -0.1) is 24.0 Å². The SMILES string of the molecule is CN=C(NCc1ccc(OC)cc1)NCc1cccc(COCc2ccccc2)c1.I. The van der Waals surface area contributed by atoms with Gasteiger partial charge in [-0.05, 0) is 34.4 Å². The van der Waals surface area contributed by atoms with Crippen molar-refractivity contribution in [3.05, 3.63) is 101 Å². The van der Waals surface area contributed by atoms with E-state index < -0.39 is 0 Å². The summed E-state index contributed by atoms with van der Waals surface area (Å²) < 4.78 is 11.0.